The summed E-state index contributed by atoms with van der Waals surface area (Å²) in [7, 11) is 0. The molecule has 1 aromatic rings. The average molecular weight is 418 g/mol. The molecule has 3 rings (SSSR count). The third-order valence-corrected chi connectivity index (χ3v) is 5.60. The molecule has 1 N–H and O–H groups in total. The Morgan fingerprint density at radius 1 is 1.21 bits per heavy atom. The smallest absolute Gasteiger partial charge is 0.303 e. The standard InChI is InChI=1S/C21H23F5O3/c1-19(22,23)16-9-15(5-3-13(16)4-6-18(27)28)29-12-14-10-21(25,26)11-17(14)20(24)7-2-8-20/h3,5,9H,2,4,6-8,10-12H2,1H3,(H,27,28). The Morgan fingerprint density at radius 2 is 1.90 bits per heavy atom. The molecule has 0 aliphatic heterocycles. The van der Waals surface area contributed by atoms with Gasteiger partial charge in [0.25, 0.3) is 11.8 Å². The second kappa shape index (κ2) is 7.61. The molecule has 0 bridgehead atoms. The van der Waals surface area contributed by atoms with Crippen molar-refractivity contribution < 1.29 is 36.6 Å². The van der Waals surface area contributed by atoms with Crippen molar-refractivity contribution in [3.05, 3.63) is 40.5 Å². The van der Waals surface area contributed by atoms with E-state index in [9.17, 15) is 26.7 Å². The van der Waals surface area contributed by atoms with Crippen molar-refractivity contribution in [3.8, 4) is 5.75 Å². The van der Waals surface area contributed by atoms with E-state index in [0.29, 0.717) is 13.3 Å². The van der Waals surface area contributed by atoms with Gasteiger partial charge in [0.05, 0.1) is 0 Å². The van der Waals surface area contributed by atoms with Crippen LogP contribution in [0.5, 0.6) is 5.75 Å². The molecule has 2 aliphatic carbocycles. The number of hydrogen-bond donors (Lipinski definition) is 1. The largest absolute Gasteiger partial charge is 0.489 e. The summed E-state index contributed by atoms with van der Waals surface area (Å²) in [5, 5.41) is 8.78. The fraction of sp³-hybridized carbons (Fsp3) is 0.571. The lowest BCUT2D eigenvalue weighted by molar-refractivity contribution is -0.137. The Labute approximate surface area is 165 Å². The zero-order valence-corrected chi connectivity index (χ0v) is 16.0. The molecule has 0 radical (unpaired) electrons. The van der Waals surface area contributed by atoms with Gasteiger partial charge in [-0.2, -0.15) is 0 Å². The van der Waals surface area contributed by atoms with Gasteiger partial charge in [-0.3, -0.25) is 4.79 Å². The number of ether oxygens (including phenoxy) is 1. The highest BCUT2D eigenvalue weighted by molar-refractivity contribution is 5.67. The van der Waals surface area contributed by atoms with Gasteiger partial charge < -0.3 is 9.84 Å². The highest BCUT2D eigenvalue weighted by atomic mass is 19.3. The van der Waals surface area contributed by atoms with E-state index in [-0.39, 0.29) is 60.3 Å². The Kier molecular flexibility index (Phi) is 5.66. The first-order chi connectivity index (χ1) is 13.4. The molecule has 29 heavy (non-hydrogen) atoms. The molecule has 2 aliphatic rings. The lowest BCUT2D eigenvalue weighted by Gasteiger charge is -2.36. The zero-order valence-electron chi connectivity index (χ0n) is 16.0. The van der Waals surface area contributed by atoms with Gasteiger partial charge in [-0.25, -0.2) is 22.0 Å². The van der Waals surface area contributed by atoms with Crippen molar-refractivity contribution >= 4 is 5.97 Å². The summed E-state index contributed by atoms with van der Waals surface area (Å²) in [6, 6.07) is 3.85. The molecule has 160 valence electrons. The van der Waals surface area contributed by atoms with Crippen LogP contribution in [0.1, 0.15) is 56.6 Å². The summed E-state index contributed by atoms with van der Waals surface area (Å²) in [5.41, 5.74) is -1.62. The number of aryl methyl sites for hydroxylation is 1. The topological polar surface area (TPSA) is 46.5 Å². The molecule has 0 heterocycles. The molecular weight excluding hydrogens is 395 g/mol. The molecule has 0 amide bonds. The quantitative estimate of drug-likeness (QED) is 0.428. The van der Waals surface area contributed by atoms with E-state index in [1.165, 1.54) is 12.1 Å². The maximum atomic E-state index is 14.8. The Bertz CT molecular complexity index is 822. The van der Waals surface area contributed by atoms with Gasteiger partial charge in [0.1, 0.15) is 18.0 Å². The minimum Gasteiger partial charge on any atom is -0.489 e. The lowest BCUT2D eigenvalue weighted by atomic mass is 9.75. The fourth-order valence-electron chi connectivity index (χ4n) is 3.95. The minimum atomic E-state index is -3.23. The van der Waals surface area contributed by atoms with E-state index < -0.39 is 36.3 Å². The number of hydrogen-bond acceptors (Lipinski definition) is 2. The second-order valence-corrected chi connectivity index (χ2v) is 8.00. The molecule has 0 aromatic heterocycles. The van der Waals surface area contributed by atoms with Crippen molar-refractivity contribution in [2.24, 2.45) is 0 Å². The number of rotatable bonds is 8. The maximum absolute atomic E-state index is 14.8. The summed E-state index contributed by atoms with van der Waals surface area (Å²) in [6.45, 7) is 0.401. The van der Waals surface area contributed by atoms with E-state index >= 15 is 0 Å². The van der Waals surface area contributed by atoms with Crippen molar-refractivity contribution in [1.29, 1.82) is 0 Å². The minimum absolute atomic E-state index is 0.0455. The Morgan fingerprint density at radius 3 is 2.45 bits per heavy atom. The van der Waals surface area contributed by atoms with Gasteiger partial charge in [-0.1, -0.05) is 6.07 Å². The number of aliphatic carboxylic acids is 1. The highest BCUT2D eigenvalue weighted by Gasteiger charge is 2.50. The molecule has 1 aromatic carbocycles. The molecule has 1 saturated carbocycles. The van der Waals surface area contributed by atoms with Crippen molar-refractivity contribution in [2.75, 3.05) is 6.61 Å². The van der Waals surface area contributed by atoms with Crippen LogP contribution < -0.4 is 4.74 Å². The zero-order chi connectivity index (χ0) is 21.4. The first-order valence-corrected chi connectivity index (χ1v) is 9.54. The summed E-state index contributed by atoms with van der Waals surface area (Å²) in [4.78, 5) is 10.7. The van der Waals surface area contributed by atoms with Crippen LogP contribution in [0.3, 0.4) is 0 Å². The van der Waals surface area contributed by atoms with E-state index in [1.54, 1.807) is 0 Å². The summed E-state index contributed by atoms with van der Waals surface area (Å²) >= 11 is 0. The molecule has 0 atom stereocenters. The van der Waals surface area contributed by atoms with E-state index in [4.69, 9.17) is 9.84 Å². The van der Waals surface area contributed by atoms with Gasteiger partial charge >= 0.3 is 5.97 Å². The number of alkyl halides is 5. The monoisotopic (exact) mass is 418 g/mol. The van der Waals surface area contributed by atoms with Crippen LogP contribution in [0, 0.1) is 0 Å². The van der Waals surface area contributed by atoms with E-state index in [1.807, 2.05) is 0 Å². The van der Waals surface area contributed by atoms with Gasteiger partial charge in [0.15, 0.2) is 0 Å². The lowest BCUT2D eigenvalue weighted by Crippen LogP contribution is -2.35. The molecule has 3 nitrogen and oxygen atoms in total. The number of carbonyl (C=O) groups is 1. The molecular formula is C21H23F5O3. The predicted octanol–water partition coefficient (Wildman–Crippen LogP) is 5.81. The number of halogens is 5. The number of allylic oxidation sites excluding steroid dienone is 1. The summed E-state index contributed by atoms with van der Waals surface area (Å²) in [6.07, 6.45) is -0.519. The molecule has 8 heteroatoms. The van der Waals surface area contributed by atoms with Gasteiger partial charge in [-0.05, 0) is 54.5 Å². The highest BCUT2D eigenvalue weighted by Crippen LogP contribution is 2.52. The first kappa shape index (κ1) is 21.6. The number of benzene rings is 1. The van der Waals surface area contributed by atoms with E-state index in [0.717, 1.165) is 6.07 Å². The maximum Gasteiger partial charge on any atom is 0.303 e. The fourth-order valence-corrected chi connectivity index (χ4v) is 3.95. The van der Waals surface area contributed by atoms with Crippen LogP contribution in [0.15, 0.2) is 29.3 Å². The first-order valence-electron chi connectivity index (χ1n) is 9.54. The van der Waals surface area contributed by atoms with Crippen LogP contribution >= 0.6 is 0 Å². The Balaban J connectivity index is 1.79. The third kappa shape index (κ3) is 4.90. The normalized spacial score (nSPS) is 20.5. The Hall–Kier alpha value is -2.12. The SMILES string of the molecule is CC(F)(F)c1cc(OCC2=C(C3(F)CCC3)CC(F)(F)C2)ccc1CCC(=O)O. The van der Waals surface area contributed by atoms with Crippen molar-refractivity contribution in [2.45, 2.75) is 69.4 Å². The van der Waals surface area contributed by atoms with Gasteiger partial charge in [0, 0.05) is 31.7 Å². The summed E-state index contributed by atoms with van der Waals surface area (Å²) < 4.78 is 75.9. The van der Waals surface area contributed by atoms with Crippen LogP contribution in [0.25, 0.3) is 0 Å². The second-order valence-electron chi connectivity index (χ2n) is 8.00. The van der Waals surface area contributed by atoms with E-state index in [2.05, 4.69) is 0 Å². The molecule has 0 unspecified atom stereocenters. The van der Waals surface area contributed by atoms with Crippen LogP contribution in [-0.4, -0.2) is 29.3 Å². The van der Waals surface area contributed by atoms with Gasteiger partial charge in [0.2, 0.25) is 0 Å². The predicted molar refractivity (Wildman–Crippen MR) is 96.4 cm³/mol. The van der Waals surface area contributed by atoms with Crippen molar-refractivity contribution in [1.82, 2.24) is 0 Å². The number of carboxylic acid groups (broad SMARTS) is 1. The van der Waals surface area contributed by atoms with Gasteiger partial charge in [-0.15, -0.1) is 0 Å². The van der Waals surface area contributed by atoms with Crippen molar-refractivity contribution in [3.63, 3.8) is 0 Å². The van der Waals surface area contributed by atoms with Crippen LogP contribution in [-0.2, 0) is 17.1 Å². The summed E-state index contributed by atoms with van der Waals surface area (Å²) in [5.74, 6) is -7.31. The number of carboxylic acids is 1. The molecule has 0 saturated heterocycles. The average Bonchev–Trinajstić information content (AvgIpc) is 2.90. The molecule has 0 spiro atoms. The third-order valence-electron chi connectivity index (χ3n) is 5.60. The van der Waals surface area contributed by atoms with Crippen LogP contribution in [0.4, 0.5) is 22.0 Å². The van der Waals surface area contributed by atoms with Crippen LogP contribution in [0.2, 0.25) is 0 Å². The molecule has 1 fully saturated rings.